The van der Waals surface area contributed by atoms with Gasteiger partial charge in [0.05, 0.1) is 13.3 Å². The highest BCUT2D eigenvalue weighted by molar-refractivity contribution is 9.10. The van der Waals surface area contributed by atoms with Gasteiger partial charge in [0, 0.05) is 10.0 Å². The summed E-state index contributed by atoms with van der Waals surface area (Å²) in [6.45, 7) is 3.77. The summed E-state index contributed by atoms with van der Waals surface area (Å²) in [4.78, 5) is 11.9. The van der Waals surface area contributed by atoms with E-state index in [1.807, 2.05) is 50.2 Å². The van der Waals surface area contributed by atoms with E-state index in [2.05, 4.69) is 26.5 Å². The number of hydrazone groups is 1. The Hall–Kier alpha value is -2.34. The number of halogens is 1. The zero-order valence-electron chi connectivity index (χ0n) is 13.8. The molecule has 0 saturated heterocycles. The van der Waals surface area contributed by atoms with Crippen molar-refractivity contribution in [1.29, 1.82) is 0 Å². The van der Waals surface area contributed by atoms with Crippen LogP contribution in [0.25, 0.3) is 0 Å². The van der Waals surface area contributed by atoms with Crippen molar-refractivity contribution in [3.05, 3.63) is 57.6 Å². The zero-order chi connectivity index (χ0) is 17.5. The first-order valence-corrected chi connectivity index (χ1v) is 8.15. The van der Waals surface area contributed by atoms with Crippen molar-refractivity contribution >= 4 is 28.1 Å². The molecule has 2 aromatic carbocycles. The fourth-order valence-corrected chi connectivity index (χ4v) is 2.93. The van der Waals surface area contributed by atoms with E-state index in [0.717, 1.165) is 21.2 Å². The summed E-state index contributed by atoms with van der Waals surface area (Å²) in [6.07, 6.45) is 1.53. The Kier molecular flexibility index (Phi) is 6.37. The molecule has 0 atom stereocenters. The number of ether oxygens (including phenoxy) is 2. The van der Waals surface area contributed by atoms with E-state index < -0.39 is 0 Å². The molecule has 0 heterocycles. The third kappa shape index (κ3) is 4.83. The molecule has 0 bridgehead atoms. The molecule has 0 aliphatic heterocycles. The summed E-state index contributed by atoms with van der Waals surface area (Å²) in [7, 11) is 1.59. The lowest BCUT2D eigenvalue weighted by atomic mass is 10.1. The molecule has 126 valence electrons. The molecule has 0 aromatic heterocycles. The van der Waals surface area contributed by atoms with E-state index in [4.69, 9.17) is 9.47 Å². The standard InChI is InChI=1S/C18H19BrN2O3/c1-12-8-15(19)9-13(2)18(12)24-11-17(22)21-20-10-14-6-4-5-7-16(14)23-3/h4-10H,11H2,1-3H3,(H,21,22)/b20-10+. The first-order valence-electron chi connectivity index (χ1n) is 7.35. The minimum absolute atomic E-state index is 0.105. The predicted molar refractivity (Wildman–Crippen MR) is 97.8 cm³/mol. The van der Waals surface area contributed by atoms with Crippen LogP contribution >= 0.6 is 15.9 Å². The molecule has 0 spiro atoms. The molecule has 0 fully saturated rings. The quantitative estimate of drug-likeness (QED) is 0.605. The van der Waals surface area contributed by atoms with Crippen LogP contribution in [-0.4, -0.2) is 25.8 Å². The number of carbonyl (C=O) groups is 1. The molecule has 5 nitrogen and oxygen atoms in total. The van der Waals surface area contributed by atoms with Gasteiger partial charge in [0.1, 0.15) is 11.5 Å². The van der Waals surface area contributed by atoms with Gasteiger partial charge >= 0.3 is 0 Å². The van der Waals surface area contributed by atoms with Crippen LogP contribution in [0, 0.1) is 13.8 Å². The van der Waals surface area contributed by atoms with Gasteiger partial charge in [-0.05, 0) is 49.2 Å². The van der Waals surface area contributed by atoms with Gasteiger partial charge in [-0.3, -0.25) is 4.79 Å². The van der Waals surface area contributed by atoms with Crippen molar-refractivity contribution in [2.45, 2.75) is 13.8 Å². The molecule has 0 saturated carbocycles. The van der Waals surface area contributed by atoms with Crippen LogP contribution < -0.4 is 14.9 Å². The Balaban J connectivity index is 1.91. The van der Waals surface area contributed by atoms with Crippen molar-refractivity contribution < 1.29 is 14.3 Å². The molecule has 0 unspecified atom stereocenters. The number of amides is 1. The van der Waals surface area contributed by atoms with Crippen LogP contribution in [-0.2, 0) is 4.79 Å². The van der Waals surface area contributed by atoms with Crippen LogP contribution in [0.5, 0.6) is 11.5 Å². The van der Waals surface area contributed by atoms with Crippen molar-refractivity contribution in [3.8, 4) is 11.5 Å². The van der Waals surface area contributed by atoms with E-state index in [0.29, 0.717) is 11.5 Å². The number of hydrogen-bond acceptors (Lipinski definition) is 4. The lowest BCUT2D eigenvalue weighted by Gasteiger charge is -2.11. The number of nitrogens with one attached hydrogen (secondary N) is 1. The van der Waals surface area contributed by atoms with Crippen LogP contribution in [0.2, 0.25) is 0 Å². The van der Waals surface area contributed by atoms with Crippen LogP contribution in [0.4, 0.5) is 0 Å². The molecule has 0 aliphatic rings. The zero-order valence-corrected chi connectivity index (χ0v) is 15.4. The summed E-state index contributed by atoms with van der Waals surface area (Å²) < 4.78 is 11.8. The Morgan fingerprint density at radius 1 is 1.25 bits per heavy atom. The second-order valence-corrected chi connectivity index (χ2v) is 6.11. The molecule has 1 N–H and O–H groups in total. The predicted octanol–water partition coefficient (Wildman–Crippen LogP) is 3.60. The smallest absolute Gasteiger partial charge is 0.277 e. The monoisotopic (exact) mass is 390 g/mol. The maximum Gasteiger partial charge on any atom is 0.277 e. The highest BCUT2D eigenvalue weighted by atomic mass is 79.9. The van der Waals surface area contributed by atoms with Crippen LogP contribution in [0.1, 0.15) is 16.7 Å². The summed E-state index contributed by atoms with van der Waals surface area (Å²) in [5, 5.41) is 3.93. The largest absolute Gasteiger partial charge is 0.496 e. The number of methoxy groups -OCH3 is 1. The SMILES string of the molecule is COc1ccccc1/C=N/NC(=O)COc1c(C)cc(Br)cc1C. The number of para-hydroxylation sites is 1. The second kappa shape index (κ2) is 8.49. The first-order chi connectivity index (χ1) is 11.5. The minimum Gasteiger partial charge on any atom is -0.496 e. The third-order valence-corrected chi connectivity index (χ3v) is 3.76. The lowest BCUT2D eigenvalue weighted by Crippen LogP contribution is -2.25. The Labute approximate surface area is 149 Å². The number of hydrogen-bond donors (Lipinski definition) is 1. The van der Waals surface area contributed by atoms with E-state index in [1.165, 1.54) is 6.21 Å². The normalized spacial score (nSPS) is 10.7. The highest BCUT2D eigenvalue weighted by Crippen LogP contribution is 2.27. The van der Waals surface area contributed by atoms with Gasteiger partial charge < -0.3 is 9.47 Å². The summed E-state index contributed by atoms with van der Waals surface area (Å²) in [5.74, 6) is 1.07. The Bertz CT molecular complexity index is 737. The van der Waals surface area contributed by atoms with Gasteiger partial charge in [-0.25, -0.2) is 5.43 Å². The molecular weight excluding hydrogens is 372 g/mol. The van der Waals surface area contributed by atoms with E-state index in [1.54, 1.807) is 7.11 Å². The van der Waals surface area contributed by atoms with Gasteiger partial charge in [0.15, 0.2) is 6.61 Å². The summed E-state index contributed by atoms with van der Waals surface area (Å²) in [5.41, 5.74) is 5.15. The Morgan fingerprint density at radius 3 is 2.58 bits per heavy atom. The van der Waals surface area contributed by atoms with E-state index >= 15 is 0 Å². The molecule has 6 heteroatoms. The van der Waals surface area contributed by atoms with Crippen molar-refractivity contribution in [1.82, 2.24) is 5.43 Å². The number of rotatable bonds is 6. The average Bonchev–Trinajstić information content (AvgIpc) is 2.54. The highest BCUT2D eigenvalue weighted by Gasteiger charge is 2.08. The van der Waals surface area contributed by atoms with Gasteiger partial charge in [-0.2, -0.15) is 5.10 Å². The van der Waals surface area contributed by atoms with Crippen LogP contribution in [0.15, 0.2) is 46.0 Å². The number of benzene rings is 2. The van der Waals surface area contributed by atoms with E-state index in [-0.39, 0.29) is 12.5 Å². The molecule has 2 aromatic rings. The van der Waals surface area contributed by atoms with Gasteiger partial charge in [0.2, 0.25) is 0 Å². The fraction of sp³-hybridized carbons (Fsp3) is 0.222. The Morgan fingerprint density at radius 2 is 1.92 bits per heavy atom. The second-order valence-electron chi connectivity index (χ2n) is 5.19. The average molecular weight is 391 g/mol. The third-order valence-electron chi connectivity index (χ3n) is 3.30. The molecule has 2 rings (SSSR count). The van der Waals surface area contributed by atoms with Gasteiger partial charge in [-0.15, -0.1) is 0 Å². The first kappa shape index (κ1) is 18.0. The molecule has 0 aliphatic carbocycles. The molecule has 0 radical (unpaired) electrons. The summed E-state index contributed by atoms with van der Waals surface area (Å²) >= 11 is 3.43. The van der Waals surface area contributed by atoms with Gasteiger partial charge in [-0.1, -0.05) is 28.1 Å². The van der Waals surface area contributed by atoms with Crippen molar-refractivity contribution in [2.75, 3.05) is 13.7 Å². The van der Waals surface area contributed by atoms with Crippen LogP contribution in [0.3, 0.4) is 0 Å². The summed E-state index contributed by atoms with van der Waals surface area (Å²) in [6, 6.07) is 11.3. The maximum absolute atomic E-state index is 11.9. The van der Waals surface area contributed by atoms with Crippen molar-refractivity contribution in [3.63, 3.8) is 0 Å². The number of nitrogens with zero attached hydrogens (tertiary/aromatic N) is 1. The molecule has 24 heavy (non-hydrogen) atoms. The minimum atomic E-state index is -0.331. The van der Waals surface area contributed by atoms with Crippen molar-refractivity contribution in [2.24, 2.45) is 5.10 Å². The number of aryl methyl sites for hydroxylation is 2. The molecular formula is C18H19BrN2O3. The number of carbonyl (C=O) groups excluding carboxylic acids is 1. The van der Waals surface area contributed by atoms with E-state index in [9.17, 15) is 4.79 Å². The fourth-order valence-electron chi connectivity index (χ4n) is 2.24. The molecule has 1 amide bonds. The maximum atomic E-state index is 11.9. The topological polar surface area (TPSA) is 59.9 Å². The van der Waals surface area contributed by atoms with Gasteiger partial charge in [0.25, 0.3) is 5.91 Å². The lowest BCUT2D eigenvalue weighted by molar-refractivity contribution is -0.123.